The molecule has 0 spiro atoms. The zero-order valence-corrected chi connectivity index (χ0v) is 15.7. The van der Waals surface area contributed by atoms with E-state index in [4.69, 9.17) is 5.73 Å². The first-order chi connectivity index (χ1) is 11.9. The summed E-state index contributed by atoms with van der Waals surface area (Å²) < 4.78 is 3.82. The third kappa shape index (κ3) is 3.17. The largest absolute Gasteiger partial charge is 0.370 e. The van der Waals surface area contributed by atoms with E-state index in [2.05, 4.69) is 43.0 Å². The maximum Gasteiger partial charge on any atom is 0.286 e. The molecule has 0 aliphatic rings. The Morgan fingerprint density at radius 3 is 2.80 bits per heavy atom. The predicted octanol–water partition coefficient (Wildman–Crippen LogP) is 1.70. The first-order valence-electron chi connectivity index (χ1n) is 8.25. The lowest BCUT2D eigenvalue weighted by atomic mass is 10.1. The van der Waals surface area contributed by atoms with E-state index in [1.165, 1.54) is 4.40 Å². The number of carbonyl (C=O) groups is 1. The lowest BCUT2D eigenvalue weighted by molar-refractivity contribution is -0.118. The molecule has 9 nitrogen and oxygen atoms in total. The summed E-state index contributed by atoms with van der Waals surface area (Å²) in [5, 5.41) is 8.35. The molecule has 1 unspecified atom stereocenters. The Morgan fingerprint density at radius 1 is 1.36 bits per heavy atom. The number of carbonyl (C=O) groups excluding carboxylic acids is 1. The van der Waals surface area contributed by atoms with Crippen molar-refractivity contribution in [3.8, 4) is 0 Å². The molecule has 0 radical (unpaired) electrons. The summed E-state index contributed by atoms with van der Waals surface area (Å²) in [6.45, 7) is 4.60. The Hall–Kier alpha value is -2.23. The highest BCUT2D eigenvalue weighted by Crippen LogP contribution is 2.20. The Bertz CT molecular complexity index is 987. The fourth-order valence-electron chi connectivity index (χ4n) is 2.98. The number of aromatic nitrogens is 6. The number of fused-ring (bicyclic) bond motifs is 2. The van der Waals surface area contributed by atoms with Crippen LogP contribution < -0.4 is 11.3 Å². The van der Waals surface area contributed by atoms with Gasteiger partial charge in [0.15, 0.2) is 15.9 Å². The molecule has 3 aromatic heterocycles. The Balaban J connectivity index is 2.24. The number of nitrogens with zero attached hydrogens (tertiary/aromatic N) is 5. The summed E-state index contributed by atoms with van der Waals surface area (Å²) in [5.74, 6) is 0.0978. The van der Waals surface area contributed by atoms with E-state index in [0.717, 1.165) is 19.3 Å². The van der Waals surface area contributed by atoms with Crippen LogP contribution in [0.25, 0.3) is 16.9 Å². The van der Waals surface area contributed by atoms with Gasteiger partial charge in [0.25, 0.3) is 5.56 Å². The van der Waals surface area contributed by atoms with Crippen LogP contribution in [-0.4, -0.2) is 35.0 Å². The number of rotatable bonds is 7. The van der Waals surface area contributed by atoms with Gasteiger partial charge in [0.2, 0.25) is 11.7 Å². The number of hydrogen-bond acceptors (Lipinski definition) is 5. The number of nitrogens with one attached hydrogen (secondary N) is 1. The van der Waals surface area contributed by atoms with Crippen LogP contribution >= 0.6 is 15.9 Å². The fourth-order valence-corrected chi connectivity index (χ4v) is 3.35. The first-order valence-corrected chi connectivity index (χ1v) is 9.04. The summed E-state index contributed by atoms with van der Waals surface area (Å²) in [7, 11) is 0. The SMILES string of the molecule is CCCCCn1c2nc(Br)[nH]c2c(=O)n2c(C(C)CC(N)=O)nnc12. The zero-order valence-electron chi connectivity index (χ0n) is 14.1. The van der Waals surface area contributed by atoms with Gasteiger partial charge in [-0.1, -0.05) is 26.7 Å². The van der Waals surface area contributed by atoms with E-state index in [1.54, 1.807) is 6.92 Å². The summed E-state index contributed by atoms with van der Waals surface area (Å²) in [5.41, 5.74) is 5.92. The van der Waals surface area contributed by atoms with E-state index in [9.17, 15) is 9.59 Å². The third-order valence-corrected chi connectivity index (χ3v) is 4.55. The summed E-state index contributed by atoms with van der Waals surface area (Å²) in [4.78, 5) is 31.5. The predicted molar refractivity (Wildman–Crippen MR) is 96.4 cm³/mol. The summed E-state index contributed by atoms with van der Waals surface area (Å²) in [6, 6.07) is 0. The van der Waals surface area contributed by atoms with Gasteiger partial charge in [0.05, 0.1) is 0 Å². The molecule has 0 saturated carbocycles. The number of H-pyrrole nitrogens is 1. The molecule has 3 aromatic rings. The Morgan fingerprint density at radius 2 is 2.12 bits per heavy atom. The zero-order chi connectivity index (χ0) is 18.1. The molecule has 134 valence electrons. The number of amides is 1. The average Bonchev–Trinajstić information content (AvgIpc) is 3.14. The number of aromatic amines is 1. The number of primary amides is 1. The molecule has 0 saturated heterocycles. The molecule has 0 aliphatic carbocycles. The number of halogens is 1. The maximum atomic E-state index is 12.9. The Kier molecular flexibility index (Phi) is 4.89. The fraction of sp³-hybridized carbons (Fsp3) is 0.533. The third-order valence-electron chi connectivity index (χ3n) is 4.17. The van der Waals surface area contributed by atoms with Crippen molar-refractivity contribution in [2.24, 2.45) is 5.73 Å². The second-order valence-electron chi connectivity index (χ2n) is 6.16. The quantitative estimate of drug-likeness (QED) is 0.453. The molecule has 0 aromatic carbocycles. The first kappa shape index (κ1) is 17.6. The van der Waals surface area contributed by atoms with Crippen LogP contribution in [-0.2, 0) is 11.3 Å². The minimum atomic E-state index is -0.446. The highest BCUT2D eigenvalue weighted by molar-refractivity contribution is 9.10. The van der Waals surface area contributed by atoms with Gasteiger partial charge < -0.3 is 10.7 Å². The lowest BCUT2D eigenvalue weighted by Gasteiger charge is -2.11. The molecule has 3 N–H and O–H groups in total. The van der Waals surface area contributed by atoms with E-state index in [1.807, 2.05) is 4.57 Å². The van der Waals surface area contributed by atoms with Gasteiger partial charge >= 0.3 is 0 Å². The molecule has 0 bridgehead atoms. The van der Waals surface area contributed by atoms with E-state index in [-0.39, 0.29) is 17.9 Å². The minimum absolute atomic E-state index is 0.0980. The van der Waals surface area contributed by atoms with Crippen molar-refractivity contribution in [1.29, 1.82) is 0 Å². The number of aryl methyl sites for hydroxylation is 1. The van der Waals surface area contributed by atoms with Crippen LogP contribution in [0.5, 0.6) is 0 Å². The van der Waals surface area contributed by atoms with Gasteiger partial charge in [0, 0.05) is 18.9 Å². The molecule has 0 aliphatic heterocycles. The van der Waals surface area contributed by atoms with Crippen LogP contribution in [0.1, 0.15) is 51.3 Å². The lowest BCUT2D eigenvalue weighted by Crippen LogP contribution is -2.23. The van der Waals surface area contributed by atoms with Crippen molar-refractivity contribution < 1.29 is 4.79 Å². The molecule has 1 atom stereocenters. The normalized spacial score (nSPS) is 12.9. The Labute approximate surface area is 151 Å². The van der Waals surface area contributed by atoms with Crippen molar-refractivity contribution >= 4 is 38.8 Å². The van der Waals surface area contributed by atoms with Crippen molar-refractivity contribution in [2.45, 2.75) is 52.0 Å². The number of unbranched alkanes of at least 4 members (excludes halogenated alkanes) is 2. The number of nitrogens with two attached hydrogens (primary N) is 1. The number of hydrogen-bond donors (Lipinski definition) is 2. The van der Waals surface area contributed by atoms with Crippen molar-refractivity contribution in [2.75, 3.05) is 0 Å². The number of imidazole rings is 1. The summed E-state index contributed by atoms with van der Waals surface area (Å²) in [6.07, 6.45) is 3.18. The van der Waals surface area contributed by atoms with E-state index in [0.29, 0.717) is 34.0 Å². The van der Waals surface area contributed by atoms with E-state index < -0.39 is 5.91 Å². The minimum Gasteiger partial charge on any atom is -0.370 e. The maximum absolute atomic E-state index is 12.9. The van der Waals surface area contributed by atoms with Gasteiger partial charge in [-0.2, -0.15) is 0 Å². The smallest absolute Gasteiger partial charge is 0.286 e. The summed E-state index contributed by atoms with van der Waals surface area (Å²) >= 11 is 3.29. The monoisotopic (exact) mass is 409 g/mol. The second-order valence-corrected chi connectivity index (χ2v) is 6.91. The van der Waals surface area contributed by atoms with E-state index >= 15 is 0 Å². The second kappa shape index (κ2) is 6.95. The van der Waals surface area contributed by atoms with Crippen LogP contribution in [0.2, 0.25) is 0 Å². The highest BCUT2D eigenvalue weighted by Gasteiger charge is 2.22. The molecular formula is C15H20BrN7O2. The van der Waals surface area contributed by atoms with Gasteiger partial charge in [-0.3, -0.25) is 14.2 Å². The van der Waals surface area contributed by atoms with Crippen LogP contribution in [0.15, 0.2) is 9.53 Å². The van der Waals surface area contributed by atoms with Gasteiger partial charge in [-0.15, -0.1) is 10.2 Å². The topological polar surface area (TPSA) is 124 Å². The van der Waals surface area contributed by atoms with Crippen molar-refractivity contribution in [3.63, 3.8) is 0 Å². The molecule has 0 fully saturated rings. The molecular weight excluding hydrogens is 390 g/mol. The van der Waals surface area contributed by atoms with Crippen molar-refractivity contribution in [1.82, 2.24) is 29.1 Å². The van der Waals surface area contributed by atoms with Gasteiger partial charge in [-0.25, -0.2) is 9.38 Å². The molecule has 10 heteroatoms. The van der Waals surface area contributed by atoms with Gasteiger partial charge in [0.1, 0.15) is 5.82 Å². The molecule has 3 heterocycles. The molecule has 25 heavy (non-hydrogen) atoms. The standard InChI is InChI=1S/C15H20BrN7O2/c1-3-4-5-6-22-12-10(18-14(16)19-12)13(25)23-11(20-21-15(22)23)8(2)7-9(17)24/h8H,3-7H2,1-2H3,(H2,17,24)(H,18,19). The van der Waals surface area contributed by atoms with Crippen LogP contribution in [0, 0.1) is 0 Å². The van der Waals surface area contributed by atoms with Crippen LogP contribution in [0.4, 0.5) is 0 Å². The van der Waals surface area contributed by atoms with Gasteiger partial charge in [-0.05, 0) is 22.4 Å². The van der Waals surface area contributed by atoms with Crippen molar-refractivity contribution in [3.05, 3.63) is 20.9 Å². The van der Waals surface area contributed by atoms with Crippen LogP contribution in [0.3, 0.4) is 0 Å². The molecule has 3 rings (SSSR count). The highest BCUT2D eigenvalue weighted by atomic mass is 79.9. The average molecular weight is 410 g/mol. The molecule has 1 amide bonds.